The molecule has 1 unspecified atom stereocenters. The zero-order valence-electron chi connectivity index (χ0n) is 10.4. The minimum atomic E-state index is -3.07. The summed E-state index contributed by atoms with van der Waals surface area (Å²) < 4.78 is 25.7. The van der Waals surface area contributed by atoms with Gasteiger partial charge in [0.05, 0.1) is 5.75 Å². The highest BCUT2D eigenvalue weighted by Crippen LogP contribution is 2.45. The van der Waals surface area contributed by atoms with Gasteiger partial charge in [0.1, 0.15) is 0 Å². The first-order valence-corrected chi connectivity index (χ1v) is 7.85. The minimum absolute atomic E-state index is 0. The van der Waals surface area contributed by atoms with Crippen molar-refractivity contribution in [3.05, 3.63) is 0 Å². The van der Waals surface area contributed by atoms with Crippen LogP contribution in [-0.2, 0) is 10.0 Å². The Morgan fingerprint density at radius 3 is 2.53 bits per heavy atom. The summed E-state index contributed by atoms with van der Waals surface area (Å²) in [6.07, 6.45) is 6.23. The van der Waals surface area contributed by atoms with Crippen LogP contribution in [0.1, 0.15) is 32.1 Å². The van der Waals surface area contributed by atoms with Crippen LogP contribution in [0.3, 0.4) is 0 Å². The van der Waals surface area contributed by atoms with E-state index in [9.17, 15) is 8.42 Å². The molecule has 0 aromatic rings. The van der Waals surface area contributed by atoms with Crippen molar-refractivity contribution in [1.82, 2.24) is 10.0 Å². The molecule has 0 aromatic carbocycles. The van der Waals surface area contributed by atoms with E-state index in [4.69, 9.17) is 0 Å². The molecule has 0 amide bonds. The highest BCUT2D eigenvalue weighted by Gasteiger charge is 2.44. The molecule has 1 atom stereocenters. The summed E-state index contributed by atoms with van der Waals surface area (Å²) in [5.41, 5.74) is 0.266. The van der Waals surface area contributed by atoms with Gasteiger partial charge in [-0.2, -0.15) is 0 Å². The van der Waals surface area contributed by atoms with Gasteiger partial charge in [0, 0.05) is 6.54 Å². The van der Waals surface area contributed by atoms with Gasteiger partial charge in [0.15, 0.2) is 0 Å². The summed E-state index contributed by atoms with van der Waals surface area (Å²) >= 11 is 0. The lowest BCUT2D eigenvalue weighted by Gasteiger charge is -2.38. The second kappa shape index (κ2) is 5.87. The highest BCUT2D eigenvalue weighted by molar-refractivity contribution is 7.89. The lowest BCUT2D eigenvalue weighted by Crippen LogP contribution is -2.38. The molecule has 2 aliphatic rings. The molecule has 2 fully saturated rings. The van der Waals surface area contributed by atoms with E-state index >= 15 is 0 Å². The van der Waals surface area contributed by atoms with Gasteiger partial charge in [-0.15, -0.1) is 12.4 Å². The summed E-state index contributed by atoms with van der Waals surface area (Å²) in [7, 11) is -1.56. The molecule has 17 heavy (non-hydrogen) atoms. The van der Waals surface area contributed by atoms with Crippen molar-refractivity contribution in [3.63, 3.8) is 0 Å². The van der Waals surface area contributed by atoms with Crippen LogP contribution in [0.25, 0.3) is 0 Å². The normalized spacial score (nSPS) is 27.9. The molecule has 6 heteroatoms. The van der Waals surface area contributed by atoms with Crippen molar-refractivity contribution >= 4 is 22.4 Å². The molecule has 0 radical (unpaired) electrons. The number of rotatable bonds is 3. The standard InChI is InChI=1S/C11H22N2O2S.ClH/c1-12-16(14,15)8-10-7-13-9-11(10)5-3-2-4-6-11;/h10,12-13H,2-9H2,1H3;1H. The van der Waals surface area contributed by atoms with Crippen molar-refractivity contribution in [3.8, 4) is 0 Å². The molecule has 4 nitrogen and oxygen atoms in total. The van der Waals surface area contributed by atoms with E-state index in [0.29, 0.717) is 5.92 Å². The molecular formula is C11H23ClN2O2S. The summed E-state index contributed by atoms with van der Waals surface area (Å²) in [5.74, 6) is 0.585. The van der Waals surface area contributed by atoms with Gasteiger partial charge >= 0.3 is 0 Å². The predicted molar refractivity (Wildman–Crippen MR) is 72.0 cm³/mol. The second-order valence-electron chi connectivity index (χ2n) is 5.24. The zero-order valence-corrected chi connectivity index (χ0v) is 12.0. The summed E-state index contributed by atoms with van der Waals surface area (Å²) in [6, 6.07) is 0. The monoisotopic (exact) mass is 282 g/mol. The Morgan fingerprint density at radius 1 is 1.29 bits per heavy atom. The molecule has 1 saturated carbocycles. The van der Waals surface area contributed by atoms with Crippen LogP contribution in [0, 0.1) is 11.3 Å². The average molecular weight is 283 g/mol. The van der Waals surface area contributed by atoms with Crippen molar-refractivity contribution in [1.29, 1.82) is 0 Å². The van der Waals surface area contributed by atoms with Crippen LogP contribution in [0.4, 0.5) is 0 Å². The average Bonchev–Trinajstić information content (AvgIpc) is 2.62. The van der Waals surface area contributed by atoms with E-state index in [0.717, 1.165) is 13.1 Å². The highest BCUT2D eigenvalue weighted by atomic mass is 35.5. The summed E-state index contributed by atoms with van der Waals surface area (Å²) in [5, 5.41) is 3.39. The van der Waals surface area contributed by atoms with Gasteiger partial charge in [-0.1, -0.05) is 19.3 Å². The van der Waals surface area contributed by atoms with Crippen molar-refractivity contribution in [2.75, 3.05) is 25.9 Å². The van der Waals surface area contributed by atoms with E-state index in [1.807, 2.05) is 0 Å². The third-order valence-corrected chi connectivity index (χ3v) is 5.78. The van der Waals surface area contributed by atoms with Crippen LogP contribution >= 0.6 is 12.4 Å². The van der Waals surface area contributed by atoms with E-state index in [1.165, 1.54) is 39.2 Å². The van der Waals surface area contributed by atoms with Gasteiger partial charge in [0.25, 0.3) is 0 Å². The van der Waals surface area contributed by atoms with E-state index in [1.54, 1.807) is 0 Å². The van der Waals surface area contributed by atoms with Crippen LogP contribution < -0.4 is 10.0 Å². The first kappa shape index (κ1) is 15.2. The van der Waals surface area contributed by atoms with E-state index in [-0.39, 0.29) is 23.6 Å². The zero-order chi connectivity index (χ0) is 11.6. The molecular weight excluding hydrogens is 260 g/mol. The predicted octanol–water partition coefficient (Wildman–Crippen LogP) is 1.13. The van der Waals surface area contributed by atoms with E-state index < -0.39 is 10.0 Å². The maximum absolute atomic E-state index is 11.6. The molecule has 1 saturated heterocycles. The van der Waals surface area contributed by atoms with Crippen molar-refractivity contribution in [2.24, 2.45) is 11.3 Å². The minimum Gasteiger partial charge on any atom is -0.316 e. The van der Waals surface area contributed by atoms with E-state index in [2.05, 4.69) is 10.0 Å². The molecule has 1 aliphatic carbocycles. The van der Waals surface area contributed by atoms with Gasteiger partial charge in [0.2, 0.25) is 10.0 Å². The fraction of sp³-hybridized carbons (Fsp3) is 1.00. The molecule has 0 aromatic heterocycles. The molecule has 0 bridgehead atoms. The Morgan fingerprint density at radius 2 is 1.94 bits per heavy atom. The first-order valence-electron chi connectivity index (χ1n) is 6.20. The van der Waals surface area contributed by atoms with Gasteiger partial charge < -0.3 is 5.32 Å². The maximum atomic E-state index is 11.6. The summed E-state index contributed by atoms with van der Waals surface area (Å²) in [4.78, 5) is 0. The van der Waals surface area contributed by atoms with Crippen molar-refractivity contribution < 1.29 is 8.42 Å². The third-order valence-electron chi connectivity index (χ3n) is 4.31. The number of hydrogen-bond acceptors (Lipinski definition) is 3. The molecule has 2 N–H and O–H groups in total. The number of hydrogen-bond donors (Lipinski definition) is 2. The fourth-order valence-electron chi connectivity index (χ4n) is 3.28. The molecule has 1 spiro atoms. The van der Waals surface area contributed by atoms with Crippen molar-refractivity contribution in [2.45, 2.75) is 32.1 Å². The molecule has 102 valence electrons. The Hall–Kier alpha value is 0.160. The number of sulfonamides is 1. The summed E-state index contributed by atoms with van der Waals surface area (Å²) in [6.45, 7) is 1.87. The Balaban J connectivity index is 0.00000144. The third kappa shape index (κ3) is 3.34. The first-order chi connectivity index (χ1) is 7.58. The topological polar surface area (TPSA) is 58.2 Å². The lowest BCUT2D eigenvalue weighted by atomic mass is 9.68. The molecule has 2 rings (SSSR count). The van der Waals surface area contributed by atoms with Crippen LogP contribution in [-0.4, -0.2) is 34.3 Å². The van der Waals surface area contributed by atoms with Crippen LogP contribution in [0.15, 0.2) is 0 Å². The maximum Gasteiger partial charge on any atom is 0.211 e. The van der Waals surface area contributed by atoms with Gasteiger partial charge in [-0.05, 0) is 37.8 Å². The number of nitrogens with one attached hydrogen (secondary N) is 2. The Labute approximate surface area is 110 Å². The SMILES string of the molecule is CNS(=O)(=O)CC1CNCC12CCCCC2.Cl. The molecule has 1 heterocycles. The van der Waals surface area contributed by atoms with Gasteiger partial charge in [-0.25, -0.2) is 13.1 Å². The molecule has 1 aliphatic heterocycles. The number of halogens is 1. The Bertz CT molecular complexity index is 339. The van der Waals surface area contributed by atoms with Gasteiger partial charge in [-0.3, -0.25) is 0 Å². The smallest absolute Gasteiger partial charge is 0.211 e. The van der Waals surface area contributed by atoms with Crippen LogP contribution in [0.5, 0.6) is 0 Å². The quantitative estimate of drug-likeness (QED) is 0.816. The van der Waals surface area contributed by atoms with Crippen LogP contribution in [0.2, 0.25) is 0 Å². The Kier molecular flexibility index (Phi) is 5.25. The largest absolute Gasteiger partial charge is 0.316 e. The second-order valence-corrected chi connectivity index (χ2v) is 7.21. The fourth-order valence-corrected chi connectivity index (χ4v) is 4.45. The lowest BCUT2D eigenvalue weighted by molar-refractivity contribution is 0.160.